The zero-order valence-corrected chi connectivity index (χ0v) is 13.9. The molecule has 1 heterocycles. The monoisotopic (exact) mass is 312 g/mol. The number of hydrogen-bond acceptors (Lipinski definition) is 3. The summed E-state index contributed by atoms with van der Waals surface area (Å²) in [6.07, 6.45) is 0. The lowest BCUT2D eigenvalue weighted by Crippen LogP contribution is -2.38. The van der Waals surface area contributed by atoms with Gasteiger partial charge in [0, 0.05) is 19.7 Å². The summed E-state index contributed by atoms with van der Waals surface area (Å²) in [6, 6.07) is 16.2. The average molecular weight is 312 g/mol. The molecule has 0 aliphatic carbocycles. The molecule has 0 spiro atoms. The number of hydrogen-bond donors (Lipinski definition) is 2. The van der Waals surface area contributed by atoms with Crippen LogP contribution in [0.5, 0.6) is 5.88 Å². The Morgan fingerprint density at radius 1 is 1.13 bits per heavy atom. The van der Waals surface area contributed by atoms with E-state index in [2.05, 4.69) is 51.8 Å². The fraction of sp³-hybridized carbons (Fsp3) is 0.333. The van der Waals surface area contributed by atoms with E-state index in [4.69, 9.17) is 4.74 Å². The number of nitrogens with zero attached hydrogens (tertiary/aromatic N) is 2. The van der Waals surface area contributed by atoms with Gasteiger partial charge in [-0.2, -0.15) is 0 Å². The van der Waals surface area contributed by atoms with Crippen LogP contribution >= 0.6 is 0 Å². The van der Waals surface area contributed by atoms with Crippen molar-refractivity contribution in [2.75, 3.05) is 20.7 Å². The van der Waals surface area contributed by atoms with E-state index in [1.165, 1.54) is 5.56 Å². The van der Waals surface area contributed by atoms with Crippen molar-refractivity contribution in [1.29, 1.82) is 0 Å². The molecule has 5 heteroatoms. The number of nitrogens with one attached hydrogen (secondary N) is 2. The van der Waals surface area contributed by atoms with E-state index in [0.717, 1.165) is 18.2 Å². The summed E-state index contributed by atoms with van der Waals surface area (Å²) in [5.41, 5.74) is 2.22. The standard InChI is InChI=1S/C18H24N4O/c1-14(15-8-5-4-6-9-15)12-20-18(19-2)21-13-16-10-7-11-17(22-16)23-3/h4-11,14H,12-13H2,1-3H3,(H2,19,20,21). The van der Waals surface area contributed by atoms with Gasteiger partial charge in [-0.1, -0.05) is 43.3 Å². The molecule has 1 atom stereocenters. The fourth-order valence-electron chi connectivity index (χ4n) is 2.21. The summed E-state index contributed by atoms with van der Waals surface area (Å²) >= 11 is 0. The number of aliphatic imine (C=N–C) groups is 1. The largest absolute Gasteiger partial charge is 0.481 e. The first-order valence-corrected chi connectivity index (χ1v) is 7.72. The third-order valence-electron chi connectivity index (χ3n) is 3.60. The molecule has 23 heavy (non-hydrogen) atoms. The average Bonchev–Trinajstić information content (AvgIpc) is 2.62. The molecule has 1 aromatic carbocycles. The zero-order valence-electron chi connectivity index (χ0n) is 13.9. The SMILES string of the molecule is CN=C(NCc1cccc(OC)n1)NCC(C)c1ccccc1. The van der Waals surface area contributed by atoms with E-state index in [1.54, 1.807) is 14.2 Å². The summed E-state index contributed by atoms with van der Waals surface area (Å²) in [5, 5.41) is 6.61. The summed E-state index contributed by atoms with van der Waals surface area (Å²) in [4.78, 5) is 8.62. The van der Waals surface area contributed by atoms with Crippen molar-refractivity contribution in [3.05, 3.63) is 59.8 Å². The van der Waals surface area contributed by atoms with Crippen LogP contribution in [0.2, 0.25) is 0 Å². The Hall–Kier alpha value is -2.56. The fourth-order valence-corrected chi connectivity index (χ4v) is 2.21. The third-order valence-corrected chi connectivity index (χ3v) is 3.60. The van der Waals surface area contributed by atoms with Gasteiger partial charge in [-0.05, 0) is 17.5 Å². The molecule has 0 amide bonds. The van der Waals surface area contributed by atoms with Gasteiger partial charge in [0.2, 0.25) is 5.88 Å². The Morgan fingerprint density at radius 2 is 1.91 bits per heavy atom. The molecule has 2 rings (SSSR count). The molecule has 0 fully saturated rings. The first-order chi connectivity index (χ1) is 11.2. The summed E-state index contributed by atoms with van der Waals surface area (Å²) in [6.45, 7) is 3.60. The summed E-state index contributed by atoms with van der Waals surface area (Å²) in [7, 11) is 3.38. The molecule has 1 aromatic heterocycles. The van der Waals surface area contributed by atoms with Crippen molar-refractivity contribution >= 4 is 5.96 Å². The lowest BCUT2D eigenvalue weighted by atomic mass is 10.0. The molecule has 1 unspecified atom stereocenters. The first-order valence-electron chi connectivity index (χ1n) is 7.72. The molecule has 2 N–H and O–H groups in total. The van der Waals surface area contributed by atoms with E-state index in [1.807, 2.05) is 24.3 Å². The van der Waals surface area contributed by atoms with Crippen LogP contribution in [0.3, 0.4) is 0 Å². The molecule has 0 radical (unpaired) electrons. The number of methoxy groups -OCH3 is 1. The minimum atomic E-state index is 0.407. The van der Waals surface area contributed by atoms with Crippen molar-refractivity contribution in [1.82, 2.24) is 15.6 Å². The number of ether oxygens (including phenoxy) is 1. The minimum absolute atomic E-state index is 0.407. The number of benzene rings is 1. The van der Waals surface area contributed by atoms with Gasteiger partial charge >= 0.3 is 0 Å². The topological polar surface area (TPSA) is 58.5 Å². The maximum absolute atomic E-state index is 5.13. The minimum Gasteiger partial charge on any atom is -0.481 e. The van der Waals surface area contributed by atoms with Gasteiger partial charge in [0.05, 0.1) is 19.3 Å². The maximum Gasteiger partial charge on any atom is 0.213 e. The van der Waals surface area contributed by atoms with Gasteiger partial charge in [-0.3, -0.25) is 4.99 Å². The highest BCUT2D eigenvalue weighted by Crippen LogP contribution is 2.12. The van der Waals surface area contributed by atoms with Crippen molar-refractivity contribution in [2.24, 2.45) is 4.99 Å². The smallest absolute Gasteiger partial charge is 0.213 e. The predicted molar refractivity (Wildman–Crippen MR) is 93.8 cm³/mol. The zero-order chi connectivity index (χ0) is 16.5. The maximum atomic E-state index is 5.13. The molecule has 0 saturated heterocycles. The van der Waals surface area contributed by atoms with E-state index in [0.29, 0.717) is 18.3 Å². The van der Waals surface area contributed by atoms with Crippen molar-refractivity contribution in [3.8, 4) is 5.88 Å². The van der Waals surface area contributed by atoms with E-state index >= 15 is 0 Å². The molecule has 5 nitrogen and oxygen atoms in total. The Balaban J connectivity index is 1.83. The molecule has 0 aliphatic rings. The number of aromatic nitrogens is 1. The van der Waals surface area contributed by atoms with E-state index in [-0.39, 0.29) is 0 Å². The lowest BCUT2D eigenvalue weighted by molar-refractivity contribution is 0.396. The van der Waals surface area contributed by atoms with Gasteiger partial charge in [0.1, 0.15) is 0 Å². The van der Waals surface area contributed by atoms with Crippen LogP contribution in [0, 0.1) is 0 Å². The molecule has 2 aromatic rings. The highest BCUT2D eigenvalue weighted by atomic mass is 16.5. The van der Waals surface area contributed by atoms with Crippen LogP contribution in [0.25, 0.3) is 0 Å². The molecule has 0 bridgehead atoms. The van der Waals surface area contributed by atoms with Crippen molar-refractivity contribution in [2.45, 2.75) is 19.4 Å². The molecular formula is C18H24N4O. The van der Waals surface area contributed by atoms with E-state index < -0.39 is 0 Å². The Labute approximate surface area is 137 Å². The van der Waals surface area contributed by atoms with Gasteiger partial charge in [-0.25, -0.2) is 4.98 Å². The van der Waals surface area contributed by atoms with Crippen LogP contribution < -0.4 is 15.4 Å². The quantitative estimate of drug-likeness (QED) is 0.636. The Kier molecular flexibility index (Phi) is 6.41. The molecule has 0 aliphatic heterocycles. The second-order valence-electron chi connectivity index (χ2n) is 5.29. The Bertz CT molecular complexity index is 628. The molecule has 0 saturated carbocycles. The van der Waals surface area contributed by atoms with E-state index in [9.17, 15) is 0 Å². The van der Waals surface area contributed by atoms with Crippen LogP contribution in [0.15, 0.2) is 53.5 Å². The highest BCUT2D eigenvalue weighted by Gasteiger charge is 2.06. The highest BCUT2D eigenvalue weighted by molar-refractivity contribution is 5.79. The lowest BCUT2D eigenvalue weighted by Gasteiger charge is -2.16. The molecule has 122 valence electrons. The second kappa shape index (κ2) is 8.78. The van der Waals surface area contributed by atoms with Crippen LogP contribution in [0.4, 0.5) is 0 Å². The summed E-state index contributed by atoms with van der Waals surface area (Å²) < 4.78 is 5.13. The Morgan fingerprint density at radius 3 is 2.61 bits per heavy atom. The van der Waals surface area contributed by atoms with Crippen LogP contribution in [0.1, 0.15) is 24.1 Å². The van der Waals surface area contributed by atoms with Crippen LogP contribution in [-0.4, -0.2) is 31.6 Å². The first kappa shape index (κ1) is 16.8. The van der Waals surface area contributed by atoms with Crippen LogP contribution in [-0.2, 0) is 6.54 Å². The number of rotatable bonds is 6. The molecular weight excluding hydrogens is 288 g/mol. The van der Waals surface area contributed by atoms with Gasteiger partial charge in [-0.15, -0.1) is 0 Å². The van der Waals surface area contributed by atoms with Gasteiger partial charge in [0.25, 0.3) is 0 Å². The second-order valence-corrected chi connectivity index (χ2v) is 5.29. The summed E-state index contributed by atoms with van der Waals surface area (Å²) in [5.74, 6) is 1.78. The van der Waals surface area contributed by atoms with Crippen molar-refractivity contribution < 1.29 is 4.74 Å². The van der Waals surface area contributed by atoms with Gasteiger partial charge in [0.15, 0.2) is 5.96 Å². The number of pyridine rings is 1. The predicted octanol–water partition coefficient (Wildman–Crippen LogP) is 2.56. The van der Waals surface area contributed by atoms with Crippen molar-refractivity contribution in [3.63, 3.8) is 0 Å². The normalized spacial score (nSPS) is 12.6. The third kappa shape index (κ3) is 5.29. The number of guanidine groups is 1. The van der Waals surface area contributed by atoms with Gasteiger partial charge < -0.3 is 15.4 Å².